The van der Waals surface area contributed by atoms with Crippen LogP contribution in [0.5, 0.6) is 5.75 Å². The highest BCUT2D eigenvalue weighted by atomic mass is 16.5. The van der Waals surface area contributed by atoms with Crippen LogP contribution in [-0.4, -0.2) is 31.1 Å². The molecule has 0 spiro atoms. The fourth-order valence-electron chi connectivity index (χ4n) is 2.09. The van der Waals surface area contributed by atoms with Crippen molar-refractivity contribution in [3.8, 4) is 5.75 Å². The number of carbonyl (C=O) groups excluding carboxylic acids is 1. The normalized spacial score (nSPS) is 14.4. The van der Waals surface area contributed by atoms with Crippen LogP contribution in [0.4, 0.5) is 0 Å². The highest BCUT2D eigenvalue weighted by Crippen LogP contribution is 2.21. The van der Waals surface area contributed by atoms with E-state index in [0.29, 0.717) is 12.5 Å². The molecule has 1 amide bonds. The van der Waals surface area contributed by atoms with Crippen LogP contribution in [0.25, 0.3) is 0 Å². The quantitative estimate of drug-likeness (QED) is 0.847. The zero-order valence-electron chi connectivity index (χ0n) is 14.0. The minimum Gasteiger partial charge on any atom is -0.497 e. The van der Waals surface area contributed by atoms with E-state index in [2.05, 4.69) is 36.6 Å². The first-order valence-corrected chi connectivity index (χ1v) is 7.41. The van der Waals surface area contributed by atoms with Gasteiger partial charge in [-0.15, -0.1) is 0 Å². The zero-order chi connectivity index (χ0) is 16.0. The van der Waals surface area contributed by atoms with Gasteiger partial charge >= 0.3 is 0 Å². The summed E-state index contributed by atoms with van der Waals surface area (Å²) < 4.78 is 5.17. The van der Waals surface area contributed by atoms with E-state index in [0.717, 1.165) is 5.75 Å². The minimum absolute atomic E-state index is 0.0243. The molecule has 0 fully saturated rings. The molecule has 0 saturated carbocycles. The maximum absolute atomic E-state index is 11.8. The molecule has 21 heavy (non-hydrogen) atoms. The molecule has 118 valence electrons. The van der Waals surface area contributed by atoms with E-state index < -0.39 is 0 Å². The molecule has 4 nitrogen and oxygen atoms in total. The lowest BCUT2D eigenvalue weighted by Gasteiger charge is -2.24. The number of rotatable bonds is 6. The summed E-state index contributed by atoms with van der Waals surface area (Å²) in [6, 6.07) is 8.27. The van der Waals surface area contributed by atoms with E-state index in [4.69, 9.17) is 4.74 Å². The highest BCUT2D eigenvalue weighted by Gasteiger charge is 2.17. The average molecular weight is 292 g/mol. The van der Waals surface area contributed by atoms with Gasteiger partial charge < -0.3 is 15.4 Å². The van der Waals surface area contributed by atoms with E-state index in [1.54, 1.807) is 7.11 Å². The molecule has 4 heteroatoms. The van der Waals surface area contributed by atoms with Crippen molar-refractivity contribution < 1.29 is 9.53 Å². The van der Waals surface area contributed by atoms with Crippen molar-refractivity contribution in [1.82, 2.24) is 10.6 Å². The van der Waals surface area contributed by atoms with E-state index >= 15 is 0 Å². The number of hydrogen-bond acceptors (Lipinski definition) is 3. The third-order valence-electron chi connectivity index (χ3n) is 3.49. The van der Waals surface area contributed by atoms with Crippen LogP contribution < -0.4 is 15.4 Å². The summed E-state index contributed by atoms with van der Waals surface area (Å²) in [5, 5.41) is 6.24. The Kier molecular flexibility index (Phi) is 6.21. The molecular weight excluding hydrogens is 264 g/mol. The van der Waals surface area contributed by atoms with Gasteiger partial charge in [-0.3, -0.25) is 4.79 Å². The molecule has 0 aliphatic heterocycles. The summed E-state index contributed by atoms with van der Waals surface area (Å²) in [4.78, 5) is 11.8. The Hall–Kier alpha value is -1.55. The smallest absolute Gasteiger partial charge is 0.234 e. The van der Waals surface area contributed by atoms with Crippen LogP contribution in [0.3, 0.4) is 0 Å². The van der Waals surface area contributed by atoms with Crippen molar-refractivity contribution >= 4 is 5.91 Å². The minimum atomic E-state index is -0.191. The van der Waals surface area contributed by atoms with Crippen molar-refractivity contribution in [1.29, 1.82) is 0 Å². The van der Waals surface area contributed by atoms with Gasteiger partial charge in [-0.05, 0) is 51.3 Å². The third-order valence-corrected chi connectivity index (χ3v) is 3.49. The molecular formula is C17H28N2O2. The van der Waals surface area contributed by atoms with Gasteiger partial charge in [0.25, 0.3) is 0 Å². The van der Waals surface area contributed by atoms with Crippen LogP contribution >= 0.6 is 0 Å². The largest absolute Gasteiger partial charge is 0.497 e. The Morgan fingerprint density at radius 2 is 1.76 bits per heavy atom. The summed E-state index contributed by atoms with van der Waals surface area (Å²) in [7, 11) is 1.66. The lowest BCUT2D eigenvalue weighted by molar-refractivity contribution is -0.121. The van der Waals surface area contributed by atoms with Crippen LogP contribution in [0, 0.1) is 0 Å². The van der Waals surface area contributed by atoms with Gasteiger partial charge in [0.1, 0.15) is 5.75 Å². The molecule has 1 rings (SSSR count). The molecule has 1 aromatic rings. The summed E-state index contributed by atoms with van der Waals surface area (Å²) >= 11 is 0. The van der Waals surface area contributed by atoms with Gasteiger partial charge in [-0.2, -0.15) is 0 Å². The lowest BCUT2D eigenvalue weighted by Crippen LogP contribution is -2.46. The standard InChI is InChI=1S/C17H28N2O2/c1-12(14-7-9-15(21-6)10-8-14)13(2)18-11-16(20)19-17(3,4)5/h7-10,12-13,18H,11H2,1-6H3,(H,19,20)/t12-,13-/m0/s1. The summed E-state index contributed by atoms with van der Waals surface area (Å²) in [6.07, 6.45) is 0. The van der Waals surface area contributed by atoms with Crippen molar-refractivity contribution in [3.05, 3.63) is 29.8 Å². The van der Waals surface area contributed by atoms with E-state index in [9.17, 15) is 4.79 Å². The molecule has 1 aromatic carbocycles. The first-order valence-electron chi connectivity index (χ1n) is 7.41. The molecule has 0 bridgehead atoms. The Labute approximate surface area is 128 Å². The molecule has 0 aliphatic carbocycles. The van der Waals surface area contributed by atoms with Crippen LogP contribution in [0.2, 0.25) is 0 Å². The van der Waals surface area contributed by atoms with Crippen molar-refractivity contribution in [2.24, 2.45) is 0 Å². The van der Waals surface area contributed by atoms with Gasteiger partial charge in [-0.1, -0.05) is 19.1 Å². The number of carbonyl (C=O) groups is 1. The zero-order valence-corrected chi connectivity index (χ0v) is 14.0. The van der Waals surface area contributed by atoms with E-state index in [1.165, 1.54) is 5.56 Å². The molecule has 0 aromatic heterocycles. The van der Waals surface area contributed by atoms with Crippen molar-refractivity contribution in [3.63, 3.8) is 0 Å². The molecule has 0 radical (unpaired) electrons. The fraction of sp³-hybridized carbons (Fsp3) is 0.588. The van der Waals surface area contributed by atoms with E-state index in [1.807, 2.05) is 32.9 Å². The van der Waals surface area contributed by atoms with Gasteiger partial charge in [0.15, 0.2) is 0 Å². The third kappa shape index (κ3) is 6.17. The van der Waals surface area contributed by atoms with Crippen molar-refractivity contribution in [2.45, 2.75) is 52.1 Å². The monoisotopic (exact) mass is 292 g/mol. The van der Waals surface area contributed by atoms with E-state index in [-0.39, 0.29) is 17.5 Å². The fourth-order valence-corrected chi connectivity index (χ4v) is 2.09. The van der Waals surface area contributed by atoms with Gasteiger partial charge in [0.2, 0.25) is 5.91 Å². The second-order valence-corrected chi connectivity index (χ2v) is 6.53. The molecule has 0 heterocycles. The summed E-state index contributed by atoms with van der Waals surface area (Å²) in [5.74, 6) is 1.20. The van der Waals surface area contributed by atoms with Gasteiger partial charge in [0, 0.05) is 11.6 Å². The molecule has 2 atom stereocenters. The lowest BCUT2D eigenvalue weighted by atomic mass is 9.94. The predicted molar refractivity (Wildman–Crippen MR) is 86.8 cm³/mol. The number of ether oxygens (including phenoxy) is 1. The predicted octanol–water partition coefficient (Wildman–Crippen LogP) is 2.69. The second kappa shape index (κ2) is 7.46. The molecule has 2 N–H and O–H groups in total. The molecule has 0 unspecified atom stereocenters. The Bertz CT molecular complexity index is 449. The van der Waals surface area contributed by atoms with Crippen LogP contribution in [-0.2, 0) is 4.79 Å². The number of benzene rings is 1. The summed E-state index contributed by atoms with van der Waals surface area (Å²) in [6.45, 7) is 10.5. The number of methoxy groups -OCH3 is 1. The van der Waals surface area contributed by atoms with Crippen LogP contribution in [0.1, 0.15) is 46.1 Å². The number of hydrogen-bond donors (Lipinski definition) is 2. The Balaban J connectivity index is 2.50. The first kappa shape index (κ1) is 17.5. The van der Waals surface area contributed by atoms with Gasteiger partial charge in [-0.25, -0.2) is 0 Å². The molecule has 0 saturated heterocycles. The topological polar surface area (TPSA) is 50.4 Å². The first-order chi connectivity index (χ1) is 9.73. The SMILES string of the molecule is COc1ccc([C@@H](C)[C@H](C)NCC(=O)NC(C)(C)C)cc1. The molecule has 0 aliphatic rings. The Morgan fingerprint density at radius 3 is 2.24 bits per heavy atom. The van der Waals surface area contributed by atoms with Crippen LogP contribution in [0.15, 0.2) is 24.3 Å². The maximum atomic E-state index is 11.8. The summed E-state index contributed by atoms with van der Waals surface area (Å²) in [5.41, 5.74) is 1.04. The number of nitrogens with one attached hydrogen (secondary N) is 2. The van der Waals surface area contributed by atoms with Gasteiger partial charge in [0.05, 0.1) is 13.7 Å². The maximum Gasteiger partial charge on any atom is 0.234 e. The van der Waals surface area contributed by atoms with Crippen molar-refractivity contribution in [2.75, 3.05) is 13.7 Å². The number of amides is 1. The average Bonchev–Trinajstić information content (AvgIpc) is 2.42. The highest BCUT2D eigenvalue weighted by molar-refractivity contribution is 5.78. The second-order valence-electron chi connectivity index (χ2n) is 6.53. The Morgan fingerprint density at radius 1 is 1.19 bits per heavy atom.